The summed E-state index contributed by atoms with van der Waals surface area (Å²) in [6.07, 6.45) is 1.92. The number of benzene rings is 3. The van der Waals surface area contributed by atoms with Crippen molar-refractivity contribution in [2.75, 3.05) is 18.4 Å². The average Bonchev–Trinajstić information content (AvgIpc) is 2.83. The molecule has 32 heavy (non-hydrogen) atoms. The van der Waals surface area contributed by atoms with E-state index >= 15 is 0 Å². The first-order valence-electron chi connectivity index (χ1n) is 10.8. The van der Waals surface area contributed by atoms with Crippen LogP contribution < -0.4 is 10.6 Å². The molecule has 0 bridgehead atoms. The van der Waals surface area contributed by atoms with Crippen molar-refractivity contribution in [3.63, 3.8) is 0 Å². The maximum absolute atomic E-state index is 12.7. The van der Waals surface area contributed by atoms with E-state index in [0.29, 0.717) is 23.7 Å². The van der Waals surface area contributed by atoms with E-state index in [4.69, 9.17) is 11.6 Å². The summed E-state index contributed by atoms with van der Waals surface area (Å²) in [4.78, 5) is 27.3. The number of hydrogen-bond acceptors (Lipinski definition) is 2. The number of piperidine rings is 1. The first-order valence-corrected chi connectivity index (χ1v) is 11.2. The molecular formula is C26H26ClN3O2. The lowest BCUT2D eigenvalue weighted by molar-refractivity contribution is 0.0950. The zero-order valence-corrected chi connectivity index (χ0v) is 18.5. The van der Waals surface area contributed by atoms with Crippen molar-refractivity contribution in [1.82, 2.24) is 10.2 Å². The molecule has 0 aromatic heterocycles. The van der Waals surface area contributed by atoms with E-state index in [1.54, 1.807) is 0 Å². The van der Waals surface area contributed by atoms with E-state index in [2.05, 4.69) is 10.6 Å². The highest BCUT2D eigenvalue weighted by Gasteiger charge is 2.25. The Labute approximate surface area is 193 Å². The van der Waals surface area contributed by atoms with Crippen LogP contribution in [-0.2, 0) is 6.54 Å². The Hall–Kier alpha value is -3.31. The van der Waals surface area contributed by atoms with Gasteiger partial charge in [-0.2, -0.15) is 0 Å². The first-order chi connectivity index (χ1) is 15.6. The van der Waals surface area contributed by atoms with Gasteiger partial charge in [0, 0.05) is 41.8 Å². The van der Waals surface area contributed by atoms with Crippen molar-refractivity contribution in [1.29, 1.82) is 0 Å². The lowest BCUT2D eigenvalue weighted by atomic mass is 9.89. The lowest BCUT2D eigenvalue weighted by Crippen LogP contribution is -2.41. The van der Waals surface area contributed by atoms with Crippen LogP contribution in [-0.4, -0.2) is 29.9 Å². The Morgan fingerprint density at radius 2 is 1.78 bits per heavy atom. The first kappa shape index (κ1) is 21.9. The maximum Gasteiger partial charge on any atom is 0.321 e. The van der Waals surface area contributed by atoms with Crippen molar-refractivity contribution >= 4 is 29.2 Å². The summed E-state index contributed by atoms with van der Waals surface area (Å²) >= 11 is 6.02. The number of nitrogens with zero attached hydrogens (tertiary/aromatic N) is 1. The van der Waals surface area contributed by atoms with Crippen LogP contribution in [0.2, 0.25) is 5.02 Å². The molecule has 1 aliphatic heterocycles. The normalized spacial score (nSPS) is 15.8. The van der Waals surface area contributed by atoms with E-state index in [1.165, 1.54) is 0 Å². The predicted octanol–water partition coefficient (Wildman–Crippen LogP) is 5.68. The van der Waals surface area contributed by atoms with Crippen LogP contribution in [0.15, 0.2) is 78.9 Å². The number of rotatable bonds is 5. The minimum absolute atomic E-state index is 0.0867. The van der Waals surface area contributed by atoms with Crippen molar-refractivity contribution in [2.45, 2.75) is 25.3 Å². The Morgan fingerprint density at radius 3 is 2.59 bits per heavy atom. The van der Waals surface area contributed by atoms with Crippen LogP contribution in [0, 0.1) is 0 Å². The third-order valence-corrected chi connectivity index (χ3v) is 5.93. The summed E-state index contributed by atoms with van der Waals surface area (Å²) in [6, 6.07) is 24.6. The molecule has 1 aliphatic rings. The smallest absolute Gasteiger partial charge is 0.321 e. The van der Waals surface area contributed by atoms with E-state index in [9.17, 15) is 9.59 Å². The summed E-state index contributed by atoms with van der Waals surface area (Å²) in [5.74, 6) is 0.0762. The summed E-state index contributed by atoms with van der Waals surface area (Å²) in [5.41, 5.74) is 3.44. The largest absolute Gasteiger partial charge is 0.348 e. The number of urea groups is 1. The molecule has 5 nitrogen and oxygen atoms in total. The van der Waals surface area contributed by atoms with Crippen LogP contribution in [0.25, 0.3) is 0 Å². The molecular weight excluding hydrogens is 422 g/mol. The quantitative estimate of drug-likeness (QED) is 0.528. The fourth-order valence-electron chi connectivity index (χ4n) is 4.02. The van der Waals surface area contributed by atoms with Crippen molar-refractivity contribution in [2.24, 2.45) is 0 Å². The molecule has 6 heteroatoms. The zero-order valence-electron chi connectivity index (χ0n) is 17.8. The van der Waals surface area contributed by atoms with E-state index in [-0.39, 0.29) is 17.9 Å². The fraction of sp³-hybridized carbons (Fsp3) is 0.231. The van der Waals surface area contributed by atoms with Gasteiger partial charge in [0.15, 0.2) is 0 Å². The number of hydrogen-bond donors (Lipinski definition) is 2. The molecule has 2 N–H and O–H groups in total. The van der Waals surface area contributed by atoms with E-state index in [0.717, 1.165) is 36.2 Å². The number of carbonyl (C=O) groups is 2. The number of anilines is 1. The molecule has 4 rings (SSSR count). The van der Waals surface area contributed by atoms with E-state index < -0.39 is 0 Å². The third kappa shape index (κ3) is 5.68. The highest BCUT2D eigenvalue weighted by Crippen LogP contribution is 2.28. The predicted molar refractivity (Wildman–Crippen MR) is 128 cm³/mol. The molecule has 164 valence electrons. The third-order valence-electron chi connectivity index (χ3n) is 5.70. The molecule has 3 amide bonds. The van der Waals surface area contributed by atoms with Gasteiger partial charge in [-0.25, -0.2) is 4.79 Å². The number of nitrogens with one attached hydrogen (secondary N) is 2. The molecule has 0 unspecified atom stereocenters. The van der Waals surface area contributed by atoms with Gasteiger partial charge >= 0.3 is 6.03 Å². The maximum atomic E-state index is 12.7. The topological polar surface area (TPSA) is 61.4 Å². The minimum atomic E-state index is -0.124. The van der Waals surface area contributed by atoms with E-state index in [1.807, 2.05) is 83.8 Å². The number of carbonyl (C=O) groups excluding carboxylic acids is 2. The van der Waals surface area contributed by atoms with Crippen molar-refractivity contribution in [3.05, 3.63) is 101 Å². The Morgan fingerprint density at radius 1 is 0.969 bits per heavy atom. The monoisotopic (exact) mass is 447 g/mol. The molecule has 1 saturated heterocycles. The van der Waals surface area contributed by atoms with Gasteiger partial charge in [-0.05, 0) is 60.4 Å². The van der Waals surface area contributed by atoms with Gasteiger partial charge in [0.05, 0.1) is 0 Å². The second-order valence-corrected chi connectivity index (χ2v) is 8.46. The highest BCUT2D eigenvalue weighted by atomic mass is 35.5. The fourth-order valence-corrected chi connectivity index (χ4v) is 4.24. The number of halogens is 1. The molecule has 1 atom stereocenters. The Balaban J connectivity index is 1.38. The highest BCUT2D eigenvalue weighted by molar-refractivity contribution is 6.30. The second kappa shape index (κ2) is 10.3. The van der Waals surface area contributed by atoms with Gasteiger partial charge in [0.1, 0.15) is 0 Å². The SMILES string of the molecule is O=C(NCc1cccc(Cl)c1)c1cccc([C@@H]2CCCN(C(=O)Nc3ccccc3)C2)c1. The number of likely N-dealkylation sites (tertiary alicyclic amines) is 1. The van der Waals surface area contributed by atoms with Crippen LogP contribution in [0.5, 0.6) is 0 Å². The van der Waals surface area contributed by atoms with Gasteiger partial charge in [0.25, 0.3) is 5.91 Å². The molecule has 3 aromatic rings. The standard InChI is InChI=1S/C26H26ClN3O2/c27-23-11-4-7-19(15-23)17-28-25(31)21-9-5-8-20(16-21)22-10-6-14-30(18-22)26(32)29-24-12-2-1-3-13-24/h1-5,7-9,11-13,15-16,22H,6,10,14,17-18H2,(H,28,31)(H,29,32)/t22-/m1/s1. The number of amides is 3. The molecule has 3 aromatic carbocycles. The molecule has 0 saturated carbocycles. The summed E-state index contributed by atoms with van der Waals surface area (Å²) in [7, 11) is 0. The summed E-state index contributed by atoms with van der Waals surface area (Å²) < 4.78 is 0. The van der Waals surface area contributed by atoms with Crippen LogP contribution in [0.4, 0.5) is 10.5 Å². The molecule has 0 radical (unpaired) electrons. The summed E-state index contributed by atoms with van der Waals surface area (Å²) in [5, 5.41) is 6.57. The molecule has 1 heterocycles. The van der Waals surface area contributed by atoms with Crippen LogP contribution >= 0.6 is 11.6 Å². The average molecular weight is 448 g/mol. The second-order valence-electron chi connectivity index (χ2n) is 8.02. The number of para-hydroxylation sites is 1. The van der Waals surface area contributed by atoms with Crippen LogP contribution in [0.3, 0.4) is 0 Å². The Bertz CT molecular complexity index is 1090. The van der Waals surface area contributed by atoms with Gasteiger partial charge in [0.2, 0.25) is 0 Å². The van der Waals surface area contributed by atoms with Gasteiger partial charge in [-0.3, -0.25) is 4.79 Å². The van der Waals surface area contributed by atoms with Crippen LogP contribution in [0.1, 0.15) is 40.2 Å². The Kier molecular flexibility index (Phi) is 7.07. The van der Waals surface area contributed by atoms with Crippen molar-refractivity contribution < 1.29 is 9.59 Å². The van der Waals surface area contributed by atoms with Gasteiger partial charge < -0.3 is 15.5 Å². The van der Waals surface area contributed by atoms with Crippen molar-refractivity contribution in [3.8, 4) is 0 Å². The summed E-state index contributed by atoms with van der Waals surface area (Å²) in [6.45, 7) is 1.78. The molecule has 0 aliphatic carbocycles. The molecule has 1 fully saturated rings. The van der Waals surface area contributed by atoms with Gasteiger partial charge in [-0.1, -0.05) is 54.1 Å². The zero-order chi connectivity index (χ0) is 22.3. The molecule has 0 spiro atoms. The van der Waals surface area contributed by atoms with Gasteiger partial charge in [-0.15, -0.1) is 0 Å². The minimum Gasteiger partial charge on any atom is -0.348 e. The lowest BCUT2D eigenvalue weighted by Gasteiger charge is -2.33.